The number of hydrogen-bond acceptors (Lipinski definition) is 4. The van der Waals surface area contributed by atoms with Crippen molar-refractivity contribution in [3.63, 3.8) is 0 Å². The second kappa shape index (κ2) is 9.52. The molecule has 3 unspecified atom stereocenters. The molecule has 2 aromatic carbocycles. The molecule has 0 bridgehead atoms. The Hall–Kier alpha value is -3.30. The highest BCUT2D eigenvalue weighted by Crippen LogP contribution is 2.64. The highest BCUT2D eigenvalue weighted by atomic mass is 31.2. The van der Waals surface area contributed by atoms with Crippen LogP contribution in [0, 0.1) is 24.8 Å². The average Bonchev–Trinajstić information content (AvgIpc) is 2.80. The van der Waals surface area contributed by atoms with Crippen molar-refractivity contribution in [3.05, 3.63) is 77.2 Å². The highest BCUT2D eigenvalue weighted by Gasteiger charge is 2.61. The number of nitrogens with zero attached hydrogens (tertiary/aromatic N) is 1. The van der Waals surface area contributed by atoms with E-state index in [0.717, 1.165) is 12.5 Å². The van der Waals surface area contributed by atoms with E-state index in [1.807, 2.05) is 30.3 Å². The van der Waals surface area contributed by atoms with E-state index >= 15 is 0 Å². The molecule has 34 heavy (non-hydrogen) atoms. The second-order valence-corrected chi connectivity index (χ2v) is 10.1. The molecule has 0 saturated carbocycles. The molecule has 0 aliphatic rings. The highest BCUT2D eigenvalue weighted by molar-refractivity contribution is 7.65. The van der Waals surface area contributed by atoms with Crippen LogP contribution in [0.4, 0.5) is 4.39 Å². The largest absolute Gasteiger partial charge is 0.480 e. The van der Waals surface area contributed by atoms with Crippen molar-refractivity contribution in [2.24, 2.45) is 0 Å². The van der Waals surface area contributed by atoms with Gasteiger partial charge in [-0.3, -0.25) is 14.3 Å². The Morgan fingerprint density at radius 2 is 1.76 bits per heavy atom. The molecule has 0 amide bonds. The van der Waals surface area contributed by atoms with Crippen LogP contribution in [0.25, 0.3) is 22.4 Å². The van der Waals surface area contributed by atoms with Gasteiger partial charge in [0.15, 0.2) is 0 Å². The maximum Gasteiger partial charge on any atom is 0.327 e. The Balaban J connectivity index is 2.63. The van der Waals surface area contributed by atoms with Gasteiger partial charge >= 0.3 is 5.97 Å². The maximum atomic E-state index is 13.8. The fourth-order valence-electron chi connectivity index (χ4n) is 4.38. The van der Waals surface area contributed by atoms with Crippen LogP contribution in [0.5, 0.6) is 0 Å². The summed E-state index contributed by atoms with van der Waals surface area (Å²) in [6, 6.07) is 14.5. The van der Waals surface area contributed by atoms with Crippen molar-refractivity contribution < 1.29 is 28.9 Å². The fourth-order valence-corrected chi connectivity index (χ4v) is 5.89. The van der Waals surface area contributed by atoms with E-state index in [4.69, 9.17) is 11.4 Å². The zero-order valence-corrected chi connectivity index (χ0v) is 19.9. The standard InChI is InChI=1S/C26H25FNO5P/c1-5-21-23(26(17(4)29,25(30)31)34(32,33)6-2)22(18-12-14-20(27)15-13-18)16(3)24(28-21)19-10-8-7-9-11-19/h2,7-15,17,29H,5H2,1,3-4H3,(H,30,31)(H,32,33). The van der Waals surface area contributed by atoms with Crippen LogP contribution >= 0.6 is 7.37 Å². The first kappa shape index (κ1) is 25.3. The Morgan fingerprint density at radius 3 is 2.24 bits per heavy atom. The molecule has 8 heteroatoms. The Kier molecular flexibility index (Phi) is 7.09. The SMILES string of the molecule is C#CP(=O)(O)C(C(=O)O)(c1c(CC)nc(-c2ccccc2)c(C)c1-c1ccc(F)cc1)C(C)O. The van der Waals surface area contributed by atoms with Crippen LogP contribution in [0.3, 0.4) is 0 Å². The number of terminal acetylenes is 1. The topological polar surface area (TPSA) is 108 Å². The summed E-state index contributed by atoms with van der Waals surface area (Å²) in [5, 5.41) is 18.4. The Labute approximate surface area is 197 Å². The summed E-state index contributed by atoms with van der Waals surface area (Å²) in [5.41, 5.74) is 4.19. The zero-order chi connectivity index (χ0) is 25.3. The van der Waals surface area contributed by atoms with Crippen LogP contribution in [-0.2, 0) is 20.9 Å². The van der Waals surface area contributed by atoms with Crippen LogP contribution in [0.1, 0.15) is 30.7 Å². The smallest absolute Gasteiger partial charge is 0.327 e. The molecule has 3 rings (SSSR count). The van der Waals surface area contributed by atoms with Gasteiger partial charge in [0.25, 0.3) is 7.37 Å². The third-order valence-corrected chi connectivity index (χ3v) is 8.09. The average molecular weight is 481 g/mol. The van der Waals surface area contributed by atoms with E-state index in [1.165, 1.54) is 24.3 Å². The van der Waals surface area contributed by atoms with E-state index in [0.29, 0.717) is 16.8 Å². The van der Waals surface area contributed by atoms with Crippen LogP contribution in [0.15, 0.2) is 54.6 Å². The Morgan fingerprint density at radius 1 is 1.18 bits per heavy atom. The van der Waals surface area contributed by atoms with E-state index in [9.17, 15) is 28.9 Å². The molecule has 0 spiro atoms. The predicted octanol–water partition coefficient (Wildman–Crippen LogP) is 4.95. The number of aliphatic hydroxyl groups excluding tert-OH is 1. The predicted molar refractivity (Wildman–Crippen MR) is 129 cm³/mol. The third kappa shape index (κ3) is 3.95. The van der Waals surface area contributed by atoms with Gasteiger partial charge in [-0.2, -0.15) is 0 Å². The van der Waals surface area contributed by atoms with Gasteiger partial charge in [0, 0.05) is 16.8 Å². The Bertz CT molecular complexity index is 1320. The number of carboxylic acids is 1. The third-order valence-electron chi connectivity index (χ3n) is 6.00. The first-order valence-corrected chi connectivity index (χ1v) is 12.3. The monoisotopic (exact) mass is 481 g/mol. The first-order valence-electron chi connectivity index (χ1n) is 10.6. The number of benzene rings is 2. The lowest BCUT2D eigenvalue weighted by Gasteiger charge is -2.37. The number of aliphatic carboxylic acids is 1. The minimum atomic E-state index is -4.99. The summed E-state index contributed by atoms with van der Waals surface area (Å²) >= 11 is 0. The van der Waals surface area contributed by atoms with E-state index in [1.54, 1.807) is 19.5 Å². The summed E-state index contributed by atoms with van der Waals surface area (Å²) in [5.74, 6) is -2.26. The van der Waals surface area contributed by atoms with Gasteiger partial charge in [0.05, 0.1) is 11.8 Å². The summed E-state index contributed by atoms with van der Waals surface area (Å²) in [4.78, 5) is 28.3. The summed E-state index contributed by atoms with van der Waals surface area (Å²) in [7, 11) is -4.99. The van der Waals surface area contributed by atoms with Gasteiger partial charge < -0.3 is 15.1 Å². The number of halogens is 1. The molecule has 0 fully saturated rings. The van der Waals surface area contributed by atoms with Crippen molar-refractivity contribution in [2.75, 3.05) is 0 Å². The van der Waals surface area contributed by atoms with Gasteiger partial charge in [-0.05, 0) is 54.8 Å². The molecule has 0 saturated heterocycles. The van der Waals surface area contributed by atoms with E-state index in [2.05, 4.69) is 0 Å². The number of carboxylic acid groups (broad SMARTS) is 1. The quantitative estimate of drug-likeness (QED) is 0.326. The molecule has 0 radical (unpaired) electrons. The molecule has 0 aliphatic carbocycles. The number of hydrogen-bond donors (Lipinski definition) is 3. The second-order valence-electron chi connectivity index (χ2n) is 7.96. The number of aromatic nitrogens is 1. The lowest BCUT2D eigenvalue weighted by atomic mass is 9.81. The van der Waals surface area contributed by atoms with Crippen molar-refractivity contribution in [2.45, 2.75) is 38.5 Å². The number of aliphatic hydroxyl groups is 1. The molecular weight excluding hydrogens is 456 g/mol. The summed E-state index contributed by atoms with van der Waals surface area (Å²) in [6.07, 6.45) is 3.68. The minimum absolute atomic E-state index is 0.148. The molecule has 3 N–H and O–H groups in total. The summed E-state index contributed by atoms with van der Waals surface area (Å²) in [6.45, 7) is 4.53. The normalized spacial score (nSPS) is 15.6. The van der Waals surface area contributed by atoms with Crippen molar-refractivity contribution in [1.29, 1.82) is 0 Å². The zero-order valence-electron chi connectivity index (χ0n) is 19.0. The molecule has 1 heterocycles. The van der Waals surface area contributed by atoms with Gasteiger partial charge in [0.2, 0.25) is 5.16 Å². The first-order chi connectivity index (χ1) is 16.0. The fraction of sp³-hybridized carbons (Fsp3) is 0.231. The van der Waals surface area contributed by atoms with Crippen molar-refractivity contribution >= 4 is 13.3 Å². The number of aryl methyl sites for hydroxylation is 1. The molecule has 6 nitrogen and oxygen atoms in total. The van der Waals surface area contributed by atoms with Gasteiger partial charge in [0.1, 0.15) is 5.82 Å². The number of rotatable bonds is 7. The van der Waals surface area contributed by atoms with E-state index in [-0.39, 0.29) is 23.2 Å². The van der Waals surface area contributed by atoms with Crippen molar-refractivity contribution in [1.82, 2.24) is 4.98 Å². The van der Waals surface area contributed by atoms with E-state index < -0.39 is 30.4 Å². The molecule has 3 aromatic rings. The summed E-state index contributed by atoms with van der Waals surface area (Å²) < 4.78 is 27.1. The maximum absolute atomic E-state index is 13.8. The lowest BCUT2D eigenvalue weighted by Crippen LogP contribution is -2.46. The number of pyridine rings is 1. The molecule has 1 aromatic heterocycles. The van der Waals surface area contributed by atoms with Crippen LogP contribution < -0.4 is 0 Å². The molecule has 0 aliphatic heterocycles. The van der Waals surface area contributed by atoms with Crippen LogP contribution in [-0.4, -0.2) is 32.2 Å². The van der Waals surface area contributed by atoms with Crippen molar-refractivity contribution in [3.8, 4) is 34.5 Å². The van der Waals surface area contributed by atoms with Gasteiger partial charge in [-0.1, -0.05) is 49.4 Å². The van der Waals surface area contributed by atoms with Gasteiger partial charge in [-0.15, -0.1) is 6.42 Å². The van der Waals surface area contributed by atoms with Crippen LogP contribution in [0.2, 0.25) is 0 Å². The molecular formula is C26H25FNO5P. The van der Waals surface area contributed by atoms with Gasteiger partial charge in [-0.25, -0.2) is 4.39 Å². The molecule has 176 valence electrons. The molecule has 3 atom stereocenters. The lowest BCUT2D eigenvalue weighted by molar-refractivity contribution is -0.143. The number of carbonyl (C=O) groups is 1. The minimum Gasteiger partial charge on any atom is -0.480 e.